The van der Waals surface area contributed by atoms with E-state index in [2.05, 4.69) is 19.2 Å². The molecule has 0 heterocycles. The number of benzene rings is 1. The molecule has 0 aromatic heterocycles. The van der Waals surface area contributed by atoms with Crippen LogP contribution in [0.1, 0.15) is 51.6 Å². The van der Waals surface area contributed by atoms with Crippen LogP contribution in [0.15, 0.2) is 24.3 Å². The molecule has 112 valence electrons. The van der Waals surface area contributed by atoms with E-state index in [0.717, 1.165) is 19.4 Å². The first-order valence-corrected chi connectivity index (χ1v) is 7.31. The van der Waals surface area contributed by atoms with Gasteiger partial charge in [0.1, 0.15) is 5.75 Å². The van der Waals surface area contributed by atoms with Crippen molar-refractivity contribution in [1.82, 2.24) is 5.32 Å². The summed E-state index contributed by atoms with van der Waals surface area (Å²) in [6.45, 7) is 7.18. The smallest absolute Gasteiger partial charge is 0.344 e. The third-order valence-electron chi connectivity index (χ3n) is 3.19. The highest BCUT2D eigenvalue weighted by Crippen LogP contribution is 2.19. The van der Waals surface area contributed by atoms with Crippen molar-refractivity contribution < 1.29 is 14.6 Å². The number of rotatable bonds is 9. The summed E-state index contributed by atoms with van der Waals surface area (Å²) in [5.41, 5.74) is 1.17. The van der Waals surface area contributed by atoms with Crippen LogP contribution >= 0.6 is 0 Å². The van der Waals surface area contributed by atoms with Crippen LogP contribution in [0.2, 0.25) is 0 Å². The molecule has 1 aromatic rings. The van der Waals surface area contributed by atoms with Crippen molar-refractivity contribution >= 4 is 5.97 Å². The maximum Gasteiger partial charge on any atom is 0.344 e. The van der Waals surface area contributed by atoms with Crippen LogP contribution in [0.25, 0.3) is 0 Å². The summed E-state index contributed by atoms with van der Waals surface area (Å²) >= 11 is 0. The van der Waals surface area contributed by atoms with Crippen molar-refractivity contribution in [3.05, 3.63) is 29.8 Å². The highest BCUT2D eigenvalue weighted by molar-refractivity contribution is 5.72. The molecule has 0 saturated heterocycles. The van der Waals surface area contributed by atoms with Crippen LogP contribution in [0.4, 0.5) is 0 Å². The molecule has 20 heavy (non-hydrogen) atoms. The van der Waals surface area contributed by atoms with Gasteiger partial charge in [0, 0.05) is 6.04 Å². The molecule has 1 rings (SSSR count). The fourth-order valence-electron chi connectivity index (χ4n) is 1.97. The summed E-state index contributed by atoms with van der Waals surface area (Å²) in [6, 6.07) is 7.92. The van der Waals surface area contributed by atoms with Crippen molar-refractivity contribution in [3.63, 3.8) is 0 Å². The Labute approximate surface area is 121 Å². The summed E-state index contributed by atoms with van der Waals surface area (Å²) in [7, 11) is 0. The van der Waals surface area contributed by atoms with Crippen molar-refractivity contribution in [2.75, 3.05) is 6.54 Å². The molecule has 0 radical (unpaired) electrons. The van der Waals surface area contributed by atoms with E-state index in [0.29, 0.717) is 12.2 Å². The molecule has 0 bridgehead atoms. The van der Waals surface area contributed by atoms with E-state index < -0.39 is 12.1 Å². The topological polar surface area (TPSA) is 58.6 Å². The van der Waals surface area contributed by atoms with E-state index in [-0.39, 0.29) is 6.04 Å². The minimum Gasteiger partial charge on any atom is -0.479 e. The molecule has 0 aliphatic carbocycles. The maximum absolute atomic E-state index is 11.1. The molecule has 2 N–H and O–H groups in total. The van der Waals surface area contributed by atoms with E-state index in [1.54, 1.807) is 0 Å². The van der Waals surface area contributed by atoms with Gasteiger partial charge in [-0.05, 0) is 44.0 Å². The lowest BCUT2D eigenvalue weighted by Crippen LogP contribution is -2.26. The van der Waals surface area contributed by atoms with Crippen molar-refractivity contribution in [3.8, 4) is 5.75 Å². The number of carboxylic acid groups (broad SMARTS) is 1. The number of hydrogen-bond acceptors (Lipinski definition) is 3. The largest absolute Gasteiger partial charge is 0.479 e. The molecule has 0 saturated carbocycles. The molecule has 2 atom stereocenters. The Morgan fingerprint density at radius 1 is 1.25 bits per heavy atom. The van der Waals surface area contributed by atoms with E-state index in [1.165, 1.54) is 5.56 Å². The third-order valence-corrected chi connectivity index (χ3v) is 3.19. The zero-order chi connectivity index (χ0) is 15.0. The Hall–Kier alpha value is -1.55. The van der Waals surface area contributed by atoms with Crippen molar-refractivity contribution in [2.24, 2.45) is 0 Å². The van der Waals surface area contributed by atoms with Gasteiger partial charge < -0.3 is 15.2 Å². The first-order valence-electron chi connectivity index (χ1n) is 7.31. The predicted molar refractivity (Wildman–Crippen MR) is 80.1 cm³/mol. The Balaban J connectivity index is 2.63. The molecule has 0 amide bonds. The third kappa shape index (κ3) is 5.21. The number of carbonyl (C=O) groups is 1. The first-order chi connectivity index (χ1) is 9.58. The number of carboxylic acids is 1. The van der Waals surface area contributed by atoms with Crippen LogP contribution in [0.3, 0.4) is 0 Å². The van der Waals surface area contributed by atoms with E-state index >= 15 is 0 Å². The highest BCUT2D eigenvalue weighted by Gasteiger charge is 2.18. The first kappa shape index (κ1) is 16.5. The Kier molecular flexibility index (Phi) is 7.09. The molecule has 0 spiro atoms. The Bertz CT molecular complexity index is 403. The fourth-order valence-corrected chi connectivity index (χ4v) is 1.97. The number of hydrogen-bond donors (Lipinski definition) is 2. The summed E-state index contributed by atoms with van der Waals surface area (Å²) in [4.78, 5) is 11.1. The van der Waals surface area contributed by atoms with Gasteiger partial charge in [-0.25, -0.2) is 4.79 Å². The van der Waals surface area contributed by atoms with E-state index in [9.17, 15) is 4.79 Å². The molecular formula is C16H25NO3. The zero-order valence-electron chi connectivity index (χ0n) is 12.6. The molecule has 4 heteroatoms. The average molecular weight is 279 g/mol. The molecule has 0 aliphatic heterocycles. The lowest BCUT2D eigenvalue weighted by Gasteiger charge is -2.16. The minimum atomic E-state index is -0.908. The lowest BCUT2D eigenvalue weighted by molar-refractivity contribution is -0.145. The van der Waals surface area contributed by atoms with Gasteiger partial charge in [0.05, 0.1) is 0 Å². The van der Waals surface area contributed by atoms with Gasteiger partial charge >= 0.3 is 5.97 Å². The fraction of sp³-hybridized carbons (Fsp3) is 0.562. The minimum absolute atomic E-state index is 0.287. The van der Waals surface area contributed by atoms with Gasteiger partial charge in [0.2, 0.25) is 0 Å². The number of nitrogens with one attached hydrogen (secondary N) is 1. The van der Waals surface area contributed by atoms with Gasteiger partial charge in [-0.15, -0.1) is 0 Å². The predicted octanol–water partition coefficient (Wildman–Crippen LogP) is 3.38. The van der Waals surface area contributed by atoms with Gasteiger partial charge in [-0.3, -0.25) is 0 Å². The van der Waals surface area contributed by atoms with Crippen LogP contribution in [-0.2, 0) is 4.79 Å². The maximum atomic E-state index is 11.1. The molecule has 2 unspecified atom stereocenters. The van der Waals surface area contributed by atoms with Crippen molar-refractivity contribution in [1.29, 1.82) is 0 Å². The average Bonchev–Trinajstić information content (AvgIpc) is 2.45. The standard InChI is InChI=1S/C16H25NO3/c1-4-6-15(16(18)19)20-14-9-7-13(8-10-14)12(3)17-11-5-2/h7-10,12,15,17H,4-6,11H2,1-3H3,(H,18,19). The molecule has 1 aromatic carbocycles. The molecule has 0 aliphatic rings. The van der Waals surface area contributed by atoms with Crippen LogP contribution < -0.4 is 10.1 Å². The van der Waals surface area contributed by atoms with Gasteiger partial charge in [-0.2, -0.15) is 0 Å². The monoisotopic (exact) mass is 279 g/mol. The van der Waals surface area contributed by atoms with Gasteiger partial charge in [0.15, 0.2) is 6.10 Å². The molecule has 4 nitrogen and oxygen atoms in total. The summed E-state index contributed by atoms with van der Waals surface area (Å²) in [6.07, 6.45) is 1.64. The summed E-state index contributed by atoms with van der Waals surface area (Å²) < 4.78 is 5.51. The second-order valence-corrected chi connectivity index (χ2v) is 4.98. The van der Waals surface area contributed by atoms with Crippen LogP contribution in [0.5, 0.6) is 5.75 Å². The van der Waals surface area contributed by atoms with Crippen LogP contribution in [0, 0.1) is 0 Å². The normalized spacial score (nSPS) is 13.8. The quantitative estimate of drug-likeness (QED) is 0.727. The van der Waals surface area contributed by atoms with Gasteiger partial charge in [-0.1, -0.05) is 32.4 Å². The SMILES string of the molecule is CCCNC(C)c1ccc(OC(CCC)C(=O)O)cc1. The zero-order valence-corrected chi connectivity index (χ0v) is 12.6. The highest BCUT2D eigenvalue weighted by atomic mass is 16.5. The lowest BCUT2D eigenvalue weighted by atomic mass is 10.1. The number of ether oxygens (including phenoxy) is 1. The van der Waals surface area contributed by atoms with E-state index in [1.807, 2.05) is 31.2 Å². The van der Waals surface area contributed by atoms with Crippen molar-refractivity contribution in [2.45, 2.75) is 52.2 Å². The van der Waals surface area contributed by atoms with E-state index in [4.69, 9.17) is 9.84 Å². The summed E-state index contributed by atoms with van der Waals surface area (Å²) in [5.74, 6) is -0.300. The summed E-state index contributed by atoms with van der Waals surface area (Å²) in [5, 5.41) is 12.5. The Morgan fingerprint density at radius 2 is 1.90 bits per heavy atom. The Morgan fingerprint density at radius 3 is 2.40 bits per heavy atom. The van der Waals surface area contributed by atoms with Gasteiger partial charge in [0.25, 0.3) is 0 Å². The second kappa shape index (κ2) is 8.59. The van der Waals surface area contributed by atoms with Crippen LogP contribution in [-0.4, -0.2) is 23.7 Å². The molecular weight excluding hydrogens is 254 g/mol. The molecule has 0 fully saturated rings. The second-order valence-electron chi connectivity index (χ2n) is 4.98. The number of aliphatic carboxylic acids is 1.